The van der Waals surface area contributed by atoms with Gasteiger partial charge in [0.1, 0.15) is 11.4 Å². The van der Waals surface area contributed by atoms with Crippen LogP contribution in [0, 0.1) is 6.92 Å². The van der Waals surface area contributed by atoms with Gasteiger partial charge in [0.15, 0.2) is 0 Å². The van der Waals surface area contributed by atoms with Crippen molar-refractivity contribution >= 4 is 0 Å². The Morgan fingerprint density at radius 1 is 1.47 bits per heavy atom. The highest BCUT2D eigenvalue weighted by Crippen LogP contribution is 2.11. The van der Waals surface area contributed by atoms with Gasteiger partial charge in [-0.2, -0.15) is 0 Å². The van der Waals surface area contributed by atoms with E-state index in [0.717, 1.165) is 44.0 Å². The molecule has 2 rings (SSSR count). The summed E-state index contributed by atoms with van der Waals surface area (Å²) in [7, 11) is 0. The molecule has 0 aliphatic carbocycles. The lowest BCUT2D eigenvalue weighted by atomic mass is 10.2. The summed E-state index contributed by atoms with van der Waals surface area (Å²) in [6.07, 6.45) is 3.75. The predicted octanol–water partition coefficient (Wildman–Crippen LogP) is 1.34. The van der Waals surface area contributed by atoms with E-state index in [2.05, 4.69) is 27.5 Å². The molecule has 1 aliphatic rings. The minimum absolute atomic E-state index is 0.640. The van der Waals surface area contributed by atoms with E-state index in [9.17, 15) is 0 Å². The van der Waals surface area contributed by atoms with Crippen LogP contribution >= 0.6 is 0 Å². The molecular weight excluding hydrogens is 216 g/mol. The van der Waals surface area contributed by atoms with E-state index in [1.54, 1.807) is 0 Å². The second-order valence-corrected chi connectivity index (χ2v) is 4.82. The fourth-order valence-corrected chi connectivity index (χ4v) is 2.38. The van der Waals surface area contributed by atoms with Crippen molar-refractivity contribution in [1.82, 2.24) is 20.5 Å². The van der Waals surface area contributed by atoms with E-state index in [4.69, 9.17) is 4.63 Å². The zero-order chi connectivity index (χ0) is 12.1. The lowest BCUT2D eigenvalue weighted by Crippen LogP contribution is -2.37. The quantitative estimate of drug-likeness (QED) is 0.810. The molecule has 0 bridgehead atoms. The van der Waals surface area contributed by atoms with Crippen molar-refractivity contribution in [1.29, 1.82) is 0 Å². The molecule has 1 fully saturated rings. The Bertz CT molecular complexity index is 333. The Hall–Kier alpha value is -0.940. The van der Waals surface area contributed by atoms with Crippen molar-refractivity contribution in [3.63, 3.8) is 0 Å². The number of aryl methyl sites for hydroxylation is 1. The summed E-state index contributed by atoms with van der Waals surface area (Å²) < 4.78 is 4.75. The molecule has 0 amide bonds. The van der Waals surface area contributed by atoms with Gasteiger partial charge in [0.25, 0.3) is 0 Å². The van der Waals surface area contributed by atoms with E-state index < -0.39 is 0 Å². The Balaban J connectivity index is 1.89. The zero-order valence-electron chi connectivity index (χ0n) is 10.8. The second-order valence-electron chi connectivity index (χ2n) is 4.82. The first-order valence-corrected chi connectivity index (χ1v) is 6.53. The minimum Gasteiger partial charge on any atom is -0.313 e. The molecule has 0 aromatic carbocycles. The van der Waals surface area contributed by atoms with Crippen molar-refractivity contribution in [3.05, 3.63) is 11.4 Å². The highest BCUT2D eigenvalue weighted by Gasteiger charge is 2.19. The van der Waals surface area contributed by atoms with Crippen molar-refractivity contribution in [3.8, 4) is 0 Å². The largest absolute Gasteiger partial charge is 0.313 e. The zero-order valence-corrected chi connectivity index (χ0v) is 10.8. The molecule has 1 aromatic heterocycles. The maximum absolute atomic E-state index is 4.75. The first-order chi connectivity index (χ1) is 8.29. The molecule has 1 aromatic rings. The second kappa shape index (κ2) is 6.12. The third-order valence-electron chi connectivity index (χ3n) is 3.30. The maximum Gasteiger partial charge on any atom is 0.122 e. The summed E-state index contributed by atoms with van der Waals surface area (Å²) in [6, 6.07) is 0.640. The number of nitrogens with zero attached hydrogens (tertiary/aromatic N) is 3. The van der Waals surface area contributed by atoms with Gasteiger partial charge in [-0.3, -0.25) is 4.90 Å². The topological polar surface area (TPSA) is 54.2 Å². The van der Waals surface area contributed by atoms with Crippen LogP contribution in [0.4, 0.5) is 0 Å². The Kier molecular flexibility index (Phi) is 4.50. The maximum atomic E-state index is 4.75. The SMILES string of the molecule is CCCN(Cc1nonc1C)CC1CCCN1. The van der Waals surface area contributed by atoms with Crippen LogP contribution in [0.2, 0.25) is 0 Å². The van der Waals surface area contributed by atoms with Crippen molar-refractivity contribution < 1.29 is 4.63 Å². The average Bonchev–Trinajstić information content (AvgIpc) is 2.92. The number of hydrogen-bond acceptors (Lipinski definition) is 5. The number of hydrogen-bond donors (Lipinski definition) is 1. The van der Waals surface area contributed by atoms with E-state index in [-0.39, 0.29) is 0 Å². The monoisotopic (exact) mass is 238 g/mol. The fraction of sp³-hybridized carbons (Fsp3) is 0.833. The molecule has 17 heavy (non-hydrogen) atoms. The van der Waals surface area contributed by atoms with Gasteiger partial charge >= 0.3 is 0 Å². The van der Waals surface area contributed by atoms with Crippen LogP contribution in [0.1, 0.15) is 37.6 Å². The first-order valence-electron chi connectivity index (χ1n) is 6.53. The van der Waals surface area contributed by atoms with E-state index in [1.165, 1.54) is 12.8 Å². The Morgan fingerprint density at radius 2 is 2.35 bits per heavy atom. The molecule has 0 spiro atoms. The van der Waals surface area contributed by atoms with Crippen LogP contribution in [0.15, 0.2) is 4.63 Å². The average molecular weight is 238 g/mol. The number of aromatic nitrogens is 2. The van der Waals surface area contributed by atoms with Gasteiger partial charge in [0, 0.05) is 19.1 Å². The summed E-state index contributed by atoms with van der Waals surface area (Å²) in [5.41, 5.74) is 1.88. The first kappa shape index (κ1) is 12.5. The van der Waals surface area contributed by atoms with Crippen LogP contribution in [-0.2, 0) is 6.54 Å². The van der Waals surface area contributed by atoms with E-state index in [1.807, 2.05) is 6.92 Å². The molecule has 96 valence electrons. The molecular formula is C12H22N4O. The van der Waals surface area contributed by atoms with Gasteiger partial charge in [-0.1, -0.05) is 17.2 Å². The molecule has 0 radical (unpaired) electrons. The molecule has 1 unspecified atom stereocenters. The highest BCUT2D eigenvalue weighted by molar-refractivity contribution is 5.04. The van der Waals surface area contributed by atoms with Crippen LogP contribution in [0.3, 0.4) is 0 Å². The smallest absolute Gasteiger partial charge is 0.122 e. The minimum atomic E-state index is 0.640. The summed E-state index contributed by atoms with van der Waals surface area (Å²) in [6.45, 7) is 8.37. The molecule has 1 saturated heterocycles. The van der Waals surface area contributed by atoms with Gasteiger partial charge in [0.05, 0.1) is 0 Å². The van der Waals surface area contributed by atoms with Crippen LogP contribution in [0.25, 0.3) is 0 Å². The Labute approximate surface area is 103 Å². The van der Waals surface area contributed by atoms with Crippen LogP contribution < -0.4 is 5.32 Å². The van der Waals surface area contributed by atoms with Crippen molar-refractivity contribution in [2.75, 3.05) is 19.6 Å². The molecule has 1 aliphatic heterocycles. The van der Waals surface area contributed by atoms with Crippen LogP contribution in [0.5, 0.6) is 0 Å². The van der Waals surface area contributed by atoms with Gasteiger partial charge in [-0.15, -0.1) is 0 Å². The van der Waals surface area contributed by atoms with Gasteiger partial charge < -0.3 is 5.32 Å². The van der Waals surface area contributed by atoms with Crippen LogP contribution in [-0.4, -0.2) is 40.9 Å². The third-order valence-corrected chi connectivity index (χ3v) is 3.30. The molecule has 1 atom stereocenters. The van der Waals surface area contributed by atoms with Gasteiger partial charge in [-0.05, 0) is 39.3 Å². The van der Waals surface area contributed by atoms with Gasteiger partial charge in [0.2, 0.25) is 0 Å². The highest BCUT2D eigenvalue weighted by atomic mass is 16.6. The molecule has 2 heterocycles. The summed E-state index contributed by atoms with van der Waals surface area (Å²) in [5.74, 6) is 0. The molecule has 1 N–H and O–H groups in total. The summed E-state index contributed by atoms with van der Waals surface area (Å²) >= 11 is 0. The number of rotatable bonds is 6. The lowest BCUT2D eigenvalue weighted by Gasteiger charge is -2.24. The summed E-state index contributed by atoms with van der Waals surface area (Å²) in [5, 5.41) is 11.3. The van der Waals surface area contributed by atoms with Crippen molar-refractivity contribution in [2.45, 2.75) is 45.7 Å². The molecule has 5 heteroatoms. The van der Waals surface area contributed by atoms with E-state index >= 15 is 0 Å². The standard InChI is InChI=1S/C12H22N4O/c1-3-7-16(8-11-5-4-6-13-11)9-12-10(2)14-17-15-12/h11,13H,3-9H2,1-2H3. The Morgan fingerprint density at radius 3 is 2.94 bits per heavy atom. The normalized spacial score (nSPS) is 20.3. The van der Waals surface area contributed by atoms with Crippen molar-refractivity contribution in [2.24, 2.45) is 0 Å². The summed E-state index contributed by atoms with van der Waals surface area (Å²) in [4.78, 5) is 2.44. The van der Waals surface area contributed by atoms with Gasteiger partial charge in [-0.25, -0.2) is 4.63 Å². The fourth-order valence-electron chi connectivity index (χ4n) is 2.38. The molecule has 0 saturated carbocycles. The van der Waals surface area contributed by atoms with E-state index in [0.29, 0.717) is 6.04 Å². The number of nitrogens with one attached hydrogen (secondary N) is 1. The third kappa shape index (κ3) is 3.51. The lowest BCUT2D eigenvalue weighted by molar-refractivity contribution is 0.230. The predicted molar refractivity (Wildman–Crippen MR) is 65.6 cm³/mol. The molecule has 5 nitrogen and oxygen atoms in total.